The summed E-state index contributed by atoms with van der Waals surface area (Å²) in [6, 6.07) is 8.98. The first-order chi connectivity index (χ1) is 12.3. The van der Waals surface area contributed by atoms with Crippen LogP contribution in [0.5, 0.6) is 23.0 Å². The van der Waals surface area contributed by atoms with Gasteiger partial charge in [-0.2, -0.15) is 0 Å². The van der Waals surface area contributed by atoms with Crippen molar-refractivity contribution in [3.63, 3.8) is 0 Å². The zero-order valence-electron chi connectivity index (χ0n) is 14.5. The Morgan fingerprint density at radius 2 is 1.64 bits per heavy atom. The first kappa shape index (κ1) is 14.9. The third-order valence-electron chi connectivity index (χ3n) is 5.60. The lowest BCUT2D eigenvalue weighted by atomic mass is 9.83. The molecule has 0 aliphatic carbocycles. The summed E-state index contributed by atoms with van der Waals surface area (Å²) in [5.41, 5.74) is 5.42. The van der Waals surface area contributed by atoms with Gasteiger partial charge in [-0.3, -0.25) is 4.90 Å². The number of methoxy groups -OCH3 is 2. The molecule has 0 bridgehead atoms. The minimum absolute atomic E-state index is 0.326. The summed E-state index contributed by atoms with van der Waals surface area (Å²) in [6.45, 7) is 2.33. The van der Waals surface area contributed by atoms with Crippen molar-refractivity contribution >= 4 is 0 Å². The van der Waals surface area contributed by atoms with E-state index in [0.29, 0.717) is 12.8 Å². The van der Waals surface area contributed by atoms with Crippen molar-refractivity contribution in [2.24, 2.45) is 0 Å². The summed E-state index contributed by atoms with van der Waals surface area (Å²) in [7, 11) is 3.38. The molecule has 5 rings (SSSR count). The Kier molecular flexibility index (Phi) is 3.31. The van der Waals surface area contributed by atoms with Gasteiger partial charge in [0.1, 0.15) is 0 Å². The Morgan fingerprint density at radius 1 is 0.920 bits per heavy atom. The van der Waals surface area contributed by atoms with Crippen LogP contribution in [0.2, 0.25) is 0 Å². The molecule has 0 aromatic heterocycles. The molecule has 5 nitrogen and oxygen atoms in total. The lowest BCUT2D eigenvalue weighted by molar-refractivity contribution is 0.160. The van der Waals surface area contributed by atoms with Crippen molar-refractivity contribution in [3.8, 4) is 23.0 Å². The fourth-order valence-corrected chi connectivity index (χ4v) is 4.30. The van der Waals surface area contributed by atoms with E-state index in [-0.39, 0.29) is 0 Å². The smallest absolute Gasteiger partial charge is 0.231 e. The van der Waals surface area contributed by atoms with Crippen molar-refractivity contribution < 1.29 is 18.9 Å². The number of hydrogen-bond acceptors (Lipinski definition) is 5. The second kappa shape index (κ2) is 5.56. The second-order valence-electron chi connectivity index (χ2n) is 6.82. The van der Waals surface area contributed by atoms with Gasteiger partial charge in [0.05, 0.1) is 14.2 Å². The van der Waals surface area contributed by atoms with Crippen molar-refractivity contribution in [2.75, 3.05) is 27.6 Å². The van der Waals surface area contributed by atoms with Crippen LogP contribution in [0.1, 0.15) is 28.3 Å². The molecule has 2 aromatic carbocycles. The van der Waals surface area contributed by atoms with Gasteiger partial charge in [0, 0.05) is 19.1 Å². The third-order valence-corrected chi connectivity index (χ3v) is 5.60. The van der Waals surface area contributed by atoms with Crippen LogP contribution in [0.15, 0.2) is 24.3 Å². The standard InChI is InChI=1S/C20H21NO4/c1-22-17-7-13-5-16-15-9-20-19(24-11-25-20)6-12(15)3-4-21(16)10-14(13)8-18(17)23-2/h6-9,16H,3-5,10-11H2,1-2H3/t16-/m0/s1. The van der Waals surface area contributed by atoms with E-state index in [0.717, 1.165) is 48.9 Å². The first-order valence-electron chi connectivity index (χ1n) is 8.67. The van der Waals surface area contributed by atoms with Gasteiger partial charge >= 0.3 is 0 Å². The fraction of sp³-hybridized carbons (Fsp3) is 0.400. The van der Waals surface area contributed by atoms with Crippen molar-refractivity contribution in [2.45, 2.75) is 25.4 Å². The van der Waals surface area contributed by atoms with Crippen LogP contribution in [-0.4, -0.2) is 32.5 Å². The summed E-state index contributed by atoms with van der Waals surface area (Å²) in [5.74, 6) is 3.37. The Morgan fingerprint density at radius 3 is 2.40 bits per heavy atom. The second-order valence-corrected chi connectivity index (χ2v) is 6.82. The number of hydrogen-bond donors (Lipinski definition) is 0. The molecule has 0 saturated heterocycles. The Hall–Kier alpha value is -2.40. The van der Waals surface area contributed by atoms with E-state index in [1.54, 1.807) is 14.2 Å². The average Bonchev–Trinajstić information content (AvgIpc) is 3.11. The summed E-state index contributed by atoms with van der Waals surface area (Å²) in [4.78, 5) is 2.55. The van der Waals surface area contributed by atoms with E-state index in [1.165, 1.54) is 22.3 Å². The molecule has 0 radical (unpaired) electrons. The summed E-state index contributed by atoms with van der Waals surface area (Å²) >= 11 is 0. The number of fused-ring (bicyclic) bond motifs is 5. The summed E-state index contributed by atoms with van der Waals surface area (Å²) in [5, 5.41) is 0. The molecule has 0 N–H and O–H groups in total. The molecule has 0 amide bonds. The van der Waals surface area contributed by atoms with Crippen LogP contribution >= 0.6 is 0 Å². The Labute approximate surface area is 147 Å². The lowest BCUT2D eigenvalue weighted by Crippen LogP contribution is -2.39. The van der Waals surface area contributed by atoms with Gasteiger partial charge in [0.15, 0.2) is 23.0 Å². The molecule has 2 aromatic rings. The highest BCUT2D eigenvalue weighted by atomic mass is 16.7. The highest BCUT2D eigenvalue weighted by Gasteiger charge is 2.34. The van der Waals surface area contributed by atoms with Gasteiger partial charge in [-0.05, 0) is 59.4 Å². The van der Waals surface area contributed by atoms with Crippen LogP contribution in [0.4, 0.5) is 0 Å². The van der Waals surface area contributed by atoms with Gasteiger partial charge in [0.2, 0.25) is 6.79 Å². The molecule has 3 heterocycles. The third kappa shape index (κ3) is 2.26. The number of rotatable bonds is 2. The first-order valence-corrected chi connectivity index (χ1v) is 8.67. The topological polar surface area (TPSA) is 40.2 Å². The van der Waals surface area contributed by atoms with Gasteiger partial charge in [0.25, 0.3) is 0 Å². The zero-order valence-corrected chi connectivity index (χ0v) is 14.5. The normalized spacial score (nSPS) is 20.5. The maximum Gasteiger partial charge on any atom is 0.231 e. The molecule has 3 aliphatic heterocycles. The van der Waals surface area contributed by atoms with Gasteiger partial charge in [-0.15, -0.1) is 0 Å². The largest absolute Gasteiger partial charge is 0.493 e. The van der Waals surface area contributed by atoms with Gasteiger partial charge in [-0.1, -0.05) is 0 Å². The van der Waals surface area contributed by atoms with E-state index in [9.17, 15) is 0 Å². The van der Waals surface area contributed by atoms with Crippen LogP contribution in [0.3, 0.4) is 0 Å². The van der Waals surface area contributed by atoms with Crippen LogP contribution in [-0.2, 0) is 19.4 Å². The van der Waals surface area contributed by atoms with E-state index in [1.807, 2.05) is 0 Å². The molecule has 3 aliphatic rings. The van der Waals surface area contributed by atoms with Crippen molar-refractivity contribution in [3.05, 3.63) is 46.5 Å². The highest BCUT2D eigenvalue weighted by Crippen LogP contribution is 2.45. The fourth-order valence-electron chi connectivity index (χ4n) is 4.30. The predicted octanol–water partition coefficient (Wildman–Crippen LogP) is 3.09. The monoisotopic (exact) mass is 339 g/mol. The van der Waals surface area contributed by atoms with E-state index in [2.05, 4.69) is 29.2 Å². The van der Waals surface area contributed by atoms with Gasteiger partial charge < -0.3 is 18.9 Å². The Balaban J connectivity index is 1.56. The molecule has 0 unspecified atom stereocenters. The summed E-state index contributed by atoms with van der Waals surface area (Å²) in [6.07, 6.45) is 2.02. The lowest BCUT2D eigenvalue weighted by Gasteiger charge is -2.41. The van der Waals surface area contributed by atoms with Crippen molar-refractivity contribution in [1.29, 1.82) is 0 Å². The zero-order chi connectivity index (χ0) is 17.0. The van der Waals surface area contributed by atoms with E-state index in [4.69, 9.17) is 18.9 Å². The van der Waals surface area contributed by atoms with Crippen molar-refractivity contribution in [1.82, 2.24) is 4.90 Å². The molecule has 5 heteroatoms. The number of nitrogens with zero attached hydrogens (tertiary/aromatic N) is 1. The van der Waals surface area contributed by atoms with E-state index >= 15 is 0 Å². The minimum Gasteiger partial charge on any atom is -0.493 e. The molecule has 1 atom stereocenters. The predicted molar refractivity (Wildman–Crippen MR) is 92.7 cm³/mol. The van der Waals surface area contributed by atoms with Crippen LogP contribution < -0.4 is 18.9 Å². The Bertz CT molecular complexity index is 848. The number of benzene rings is 2. The molecule has 0 spiro atoms. The van der Waals surface area contributed by atoms with Crippen LogP contribution in [0, 0.1) is 0 Å². The molecule has 0 saturated carbocycles. The highest BCUT2D eigenvalue weighted by molar-refractivity contribution is 5.53. The molecule has 25 heavy (non-hydrogen) atoms. The average molecular weight is 339 g/mol. The minimum atomic E-state index is 0.326. The van der Waals surface area contributed by atoms with Gasteiger partial charge in [-0.25, -0.2) is 0 Å². The maximum absolute atomic E-state index is 5.60. The maximum atomic E-state index is 5.60. The van der Waals surface area contributed by atoms with Crippen LogP contribution in [0.25, 0.3) is 0 Å². The molecule has 0 fully saturated rings. The quantitative estimate of drug-likeness (QED) is 0.841. The molecular weight excluding hydrogens is 318 g/mol. The SMILES string of the molecule is COc1cc2c(cc1OC)CN1CCc3cc4c(cc3[C@@H]1C2)OCO4. The van der Waals surface area contributed by atoms with E-state index < -0.39 is 0 Å². The molecule has 130 valence electrons. The molecular formula is C20H21NO4. The summed E-state index contributed by atoms with van der Waals surface area (Å²) < 4.78 is 22.1. The number of ether oxygens (including phenoxy) is 4.